The van der Waals surface area contributed by atoms with E-state index in [9.17, 15) is 9.59 Å². The Morgan fingerprint density at radius 3 is 2.23 bits per heavy atom. The Labute approximate surface area is 217 Å². The first kappa shape index (κ1) is 25.1. The highest BCUT2D eigenvalue weighted by Crippen LogP contribution is 2.30. The van der Waals surface area contributed by atoms with Crippen LogP contribution in [0.15, 0.2) is 63.8 Å². The number of carbonyl (C=O) groups is 1. The van der Waals surface area contributed by atoms with Crippen molar-refractivity contribution in [1.29, 1.82) is 0 Å². The predicted octanol–water partition coefficient (Wildman–Crippen LogP) is 7.32. The van der Waals surface area contributed by atoms with Crippen molar-refractivity contribution in [2.75, 3.05) is 13.2 Å². The molecule has 0 saturated carbocycles. The summed E-state index contributed by atoms with van der Waals surface area (Å²) in [6.07, 6.45) is 0.595. The topological polar surface area (TPSA) is 65.7 Å². The van der Waals surface area contributed by atoms with Gasteiger partial charge < -0.3 is 13.9 Å². The van der Waals surface area contributed by atoms with Crippen LogP contribution in [0.3, 0.4) is 0 Å². The van der Waals surface area contributed by atoms with Crippen molar-refractivity contribution in [1.82, 2.24) is 0 Å². The monoisotopic (exact) mass is 530 g/mol. The summed E-state index contributed by atoms with van der Waals surface area (Å²) in [7, 11) is 0. The van der Waals surface area contributed by atoms with E-state index in [-0.39, 0.29) is 24.4 Å². The number of ether oxygens (including phenoxy) is 2. The lowest BCUT2D eigenvalue weighted by Crippen LogP contribution is -2.19. The number of halogens is 3. The lowest BCUT2D eigenvalue weighted by molar-refractivity contribution is -0.123. The van der Waals surface area contributed by atoms with Crippen LogP contribution in [-0.2, 0) is 11.2 Å². The van der Waals surface area contributed by atoms with E-state index in [1.807, 2.05) is 6.92 Å². The summed E-state index contributed by atoms with van der Waals surface area (Å²) in [4.78, 5) is 25.7. The molecule has 1 heterocycles. The molecule has 0 aliphatic carbocycles. The van der Waals surface area contributed by atoms with Crippen LogP contribution >= 0.6 is 34.8 Å². The summed E-state index contributed by atoms with van der Waals surface area (Å²) in [5, 5.41) is 1.83. The summed E-state index contributed by atoms with van der Waals surface area (Å²) >= 11 is 18.0. The Kier molecular flexibility index (Phi) is 7.70. The van der Waals surface area contributed by atoms with Gasteiger partial charge in [-0.3, -0.25) is 9.59 Å². The summed E-state index contributed by atoms with van der Waals surface area (Å²) < 4.78 is 17.2. The second kappa shape index (κ2) is 10.7. The SMILES string of the molecule is CCc1cc2c(=O)c(-c3ccc(Cl)cc3)c(C)oc2cc1OCC(=O)COc1cc(Cl)ccc1Cl. The zero-order chi connectivity index (χ0) is 25.1. The molecule has 3 aromatic carbocycles. The molecule has 0 saturated heterocycles. The number of ketones is 1. The van der Waals surface area contributed by atoms with E-state index in [0.717, 1.165) is 11.1 Å². The fraction of sp³-hybridized carbons (Fsp3) is 0.185. The molecule has 0 aliphatic rings. The molecule has 0 radical (unpaired) electrons. The highest BCUT2D eigenvalue weighted by Gasteiger charge is 2.17. The second-order valence-corrected chi connectivity index (χ2v) is 9.15. The van der Waals surface area contributed by atoms with Crippen molar-refractivity contribution in [2.24, 2.45) is 0 Å². The van der Waals surface area contributed by atoms with Gasteiger partial charge in [-0.2, -0.15) is 0 Å². The van der Waals surface area contributed by atoms with Gasteiger partial charge in [0.2, 0.25) is 11.2 Å². The van der Waals surface area contributed by atoms with E-state index in [2.05, 4.69) is 0 Å². The molecule has 0 bridgehead atoms. The van der Waals surface area contributed by atoms with Crippen LogP contribution in [0.4, 0.5) is 0 Å². The fourth-order valence-corrected chi connectivity index (χ4v) is 4.15. The van der Waals surface area contributed by atoms with Gasteiger partial charge >= 0.3 is 0 Å². The third kappa shape index (κ3) is 5.64. The van der Waals surface area contributed by atoms with Crippen LogP contribution in [0.2, 0.25) is 15.1 Å². The first-order valence-corrected chi connectivity index (χ1v) is 12.0. The Balaban J connectivity index is 1.56. The lowest BCUT2D eigenvalue weighted by atomic mass is 10.0. The molecule has 180 valence electrons. The Morgan fingerprint density at radius 2 is 1.54 bits per heavy atom. The number of hydrogen-bond acceptors (Lipinski definition) is 5. The molecule has 4 aromatic rings. The molecule has 0 N–H and O–H groups in total. The van der Waals surface area contributed by atoms with Crippen LogP contribution in [0.25, 0.3) is 22.1 Å². The molecule has 0 atom stereocenters. The minimum Gasteiger partial charge on any atom is -0.485 e. The summed E-state index contributed by atoms with van der Waals surface area (Å²) in [6, 6.07) is 15.2. The van der Waals surface area contributed by atoms with Gasteiger partial charge in [-0.1, -0.05) is 53.9 Å². The molecule has 5 nitrogen and oxygen atoms in total. The van der Waals surface area contributed by atoms with Crippen LogP contribution in [0.1, 0.15) is 18.2 Å². The van der Waals surface area contributed by atoms with Gasteiger partial charge in [0.15, 0.2) is 13.2 Å². The Bertz CT molecular complexity index is 1460. The first-order chi connectivity index (χ1) is 16.8. The number of fused-ring (bicyclic) bond motifs is 1. The number of aryl methyl sites for hydroxylation is 2. The average molecular weight is 532 g/mol. The maximum Gasteiger partial charge on any atom is 0.207 e. The molecule has 0 aliphatic heterocycles. The normalized spacial score (nSPS) is 11.0. The van der Waals surface area contributed by atoms with Crippen LogP contribution in [0, 0.1) is 6.92 Å². The van der Waals surface area contributed by atoms with Gasteiger partial charge in [0.05, 0.1) is 16.0 Å². The van der Waals surface area contributed by atoms with E-state index in [0.29, 0.717) is 55.3 Å². The van der Waals surface area contributed by atoms with Crippen LogP contribution in [-0.4, -0.2) is 19.0 Å². The second-order valence-electron chi connectivity index (χ2n) is 7.87. The van der Waals surface area contributed by atoms with Crippen molar-refractivity contribution >= 4 is 51.6 Å². The molecule has 0 unspecified atom stereocenters. The van der Waals surface area contributed by atoms with Crippen LogP contribution in [0.5, 0.6) is 11.5 Å². The lowest BCUT2D eigenvalue weighted by Gasteiger charge is -2.13. The minimum atomic E-state index is -0.293. The van der Waals surface area contributed by atoms with Gasteiger partial charge in [0, 0.05) is 22.2 Å². The molecule has 0 fully saturated rings. The molecule has 8 heteroatoms. The molecular formula is C27H21Cl3O5. The third-order valence-electron chi connectivity index (χ3n) is 5.43. The highest BCUT2D eigenvalue weighted by atomic mass is 35.5. The average Bonchev–Trinajstić information content (AvgIpc) is 2.84. The quantitative estimate of drug-likeness (QED) is 0.238. The number of hydrogen-bond donors (Lipinski definition) is 0. The highest BCUT2D eigenvalue weighted by molar-refractivity contribution is 6.34. The van der Waals surface area contributed by atoms with Crippen molar-refractivity contribution in [3.8, 4) is 22.6 Å². The number of benzene rings is 3. The maximum absolute atomic E-state index is 13.3. The minimum absolute atomic E-state index is 0.143. The molecule has 4 rings (SSSR count). The van der Waals surface area contributed by atoms with E-state index in [1.54, 1.807) is 61.5 Å². The molecule has 1 aromatic heterocycles. The smallest absolute Gasteiger partial charge is 0.207 e. The van der Waals surface area contributed by atoms with E-state index in [1.165, 1.54) is 0 Å². The Morgan fingerprint density at radius 1 is 0.886 bits per heavy atom. The Hall–Kier alpha value is -2.99. The zero-order valence-corrected chi connectivity index (χ0v) is 21.3. The summed E-state index contributed by atoms with van der Waals surface area (Å²) in [5.41, 5.74) is 2.23. The maximum atomic E-state index is 13.3. The predicted molar refractivity (Wildman–Crippen MR) is 140 cm³/mol. The number of Topliss-reactive ketones (excluding diaryl/α,β-unsaturated/α-hetero) is 1. The van der Waals surface area contributed by atoms with Crippen LogP contribution < -0.4 is 14.9 Å². The van der Waals surface area contributed by atoms with Gasteiger partial charge in [0.25, 0.3) is 0 Å². The largest absolute Gasteiger partial charge is 0.485 e. The van der Waals surface area contributed by atoms with Gasteiger partial charge in [0.1, 0.15) is 22.8 Å². The van der Waals surface area contributed by atoms with Gasteiger partial charge in [-0.25, -0.2) is 0 Å². The van der Waals surface area contributed by atoms with Gasteiger partial charge in [-0.15, -0.1) is 0 Å². The standard InChI is InChI=1S/C27H21Cl3O5/c1-3-16-10-21-24(35-15(2)26(27(21)32)17-4-6-18(28)7-5-17)12-23(16)33-13-20(31)14-34-25-11-19(29)8-9-22(25)30/h4-12H,3,13-14H2,1-2H3. The molecular weight excluding hydrogens is 511 g/mol. The summed E-state index contributed by atoms with van der Waals surface area (Å²) in [6.45, 7) is 3.23. The zero-order valence-electron chi connectivity index (χ0n) is 19.0. The van der Waals surface area contributed by atoms with E-state index >= 15 is 0 Å². The van der Waals surface area contributed by atoms with E-state index in [4.69, 9.17) is 48.7 Å². The summed E-state index contributed by atoms with van der Waals surface area (Å²) in [5.74, 6) is 0.971. The third-order valence-corrected chi connectivity index (χ3v) is 6.23. The van der Waals surface area contributed by atoms with Crippen molar-refractivity contribution in [3.63, 3.8) is 0 Å². The number of rotatable bonds is 8. The van der Waals surface area contributed by atoms with Gasteiger partial charge in [-0.05, 0) is 54.8 Å². The fourth-order valence-electron chi connectivity index (χ4n) is 3.69. The van der Waals surface area contributed by atoms with Crippen molar-refractivity contribution < 1.29 is 18.7 Å². The number of carbonyl (C=O) groups excluding carboxylic acids is 1. The van der Waals surface area contributed by atoms with Crippen molar-refractivity contribution in [3.05, 3.63) is 91.2 Å². The first-order valence-electron chi connectivity index (χ1n) is 10.9. The molecule has 35 heavy (non-hydrogen) atoms. The van der Waals surface area contributed by atoms with Crippen molar-refractivity contribution in [2.45, 2.75) is 20.3 Å². The molecule has 0 amide bonds. The molecule has 0 spiro atoms. The van der Waals surface area contributed by atoms with E-state index < -0.39 is 0 Å².